The van der Waals surface area contributed by atoms with E-state index < -0.39 is 0 Å². The number of ether oxygens (including phenoxy) is 1. The Labute approximate surface area is 119 Å². The number of aromatic nitrogens is 1. The number of rotatable bonds is 4. The maximum absolute atomic E-state index is 12.2. The zero-order valence-electron chi connectivity index (χ0n) is 12.4. The number of amides is 2. The maximum atomic E-state index is 12.2. The number of aryl methyl sites for hydroxylation is 1. The van der Waals surface area contributed by atoms with E-state index in [0.29, 0.717) is 25.5 Å². The summed E-state index contributed by atoms with van der Waals surface area (Å²) < 4.78 is 11.1. The van der Waals surface area contributed by atoms with Gasteiger partial charge in [-0.25, -0.2) is 9.78 Å². The van der Waals surface area contributed by atoms with E-state index in [1.165, 1.54) is 0 Å². The molecule has 2 atom stereocenters. The zero-order chi connectivity index (χ0) is 14.5. The average molecular weight is 281 g/mol. The molecule has 20 heavy (non-hydrogen) atoms. The molecule has 1 N–H and O–H groups in total. The van der Waals surface area contributed by atoms with E-state index in [0.717, 1.165) is 18.7 Å². The highest BCUT2D eigenvalue weighted by atomic mass is 16.5. The lowest BCUT2D eigenvalue weighted by Crippen LogP contribution is -2.53. The van der Waals surface area contributed by atoms with Crippen LogP contribution in [0.2, 0.25) is 0 Å². The summed E-state index contributed by atoms with van der Waals surface area (Å²) in [6.07, 6.45) is 3.58. The highest BCUT2D eigenvalue weighted by Crippen LogP contribution is 2.12. The summed E-state index contributed by atoms with van der Waals surface area (Å²) in [5.74, 6) is 1.42. The van der Waals surface area contributed by atoms with Crippen molar-refractivity contribution < 1.29 is 13.9 Å². The van der Waals surface area contributed by atoms with Gasteiger partial charge in [-0.2, -0.15) is 0 Å². The molecule has 1 aliphatic heterocycles. The number of carbonyl (C=O) groups excluding carboxylic acids is 1. The lowest BCUT2D eigenvalue weighted by Gasteiger charge is -2.36. The lowest BCUT2D eigenvalue weighted by molar-refractivity contribution is -0.0318. The van der Waals surface area contributed by atoms with Crippen LogP contribution in [0.4, 0.5) is 4.79 Å². The molecule has 1 aromatic rings. The number of carbonyl (C=O) groups is 1. The Kier molecular flexibility index (Phi) is 5.00. The van der Waals surface area contributed by atoms with Crippen molar-refractivity contribution in [2.75, 3.05) is 13.2 Å². The van der Waals surface area contributed by atoms with Crippen molar-refractivity contribution in [1.82, 2.24) is 15.2 Å². The molecule has 1 aromatic heterocycles. The van der Waals surface area contributed by atoms with Crippen LogP contribution in [0.15, 0.2) is 10.6 Å². The summed E-state index contributed by atoms with van der Waals surface area (Å²) >= 11 is 0. The van der Waals surface area contributed by atoms with Crippen LogP contribution in [-0.2, 0) is 17.7 Å². The number of nitrogens with one attached hydrogen (secondary N) is 1. The minimum atomic E-state index is -0.0823. The van der Waals surface area contributed by atoms with Crippen LogP contribution in [-0.4, -0.2) is 41.2 Å². The van der Waals surface area contributed by atoms with E-state index >= 15 is 0 Å². The topological polar surface area (TPSA) is 67.6 Å². The first-order valence-corrected chi connectivity index (χ1v) is 7.19. The molecule has 1 aliphatic rings. The van der Waals surface area contributed by atoms with Crippen molar-refractivity contribution in [2.24, 2.45) is 0 Å². The Morgan fingerprint density at radius 3 is 3.10 bits per heavy atom. The molecule has 6 nitrogen and oxygen atoms in total. The number of morpholine rings is 1. The van der Waals surface area contributed by atoms with Gasteiger partial charge in [0.05, 0.1) is 31.5 Å². The molecular formula is C14H23N3O3. The number of hydrogen-bond donors (Lipinski definition) is 1. The van der Waals surface area contributed by atoms with Gasteiger partial charge in [0.15, 0.2) is 5.89 Å². The molecule has 0 saturated carbocycles. The zero-order valence-corrected chi connectivity index (χ0v) is 12.4. The average Bonchev–Trinajstić information content (AvgIpc) is 2.87. The van der Waals surface area contributed by atoms with Gasteiger partial charge in [-0.05, 0) is 20.3 Å². The number of oxazole rings is 1. The first-order valence-electron chi connectivity index (χ1n) is 7.19. The van der Waals surface area contributed by atoms with E-state index in [9.17, 15) is 4.79 Å². The van der Waals surface area contributed by atoms with Gasteiger partial charge in [0.2, 0.25) is 0 Å². The SMILES string of the molecule is CCCc1ncc(CNC(=O)N2CC(C)OCC2C)o1. The second kappa shape index (κ2) is 6.74. The molecule has 0 radical (unpaired) electrons. The van der Waals surface area contributed by atoms with Crippen LogP contribution < -0.4 is 5.32 Å². The van der Waals surface area contributed by atoms with Crippen LogP contribution in [0.1, 0.15) is 38.8 Å². The molecule has 112 valence electrons. The lowest BCUT2D eigenvalue weighted by atomic mass is 10.2. The summed E-state index contributed by atoms with van der Waals surface area (Å²) in [7, 11) is 0. The fourth-order valence-corrected chi connectivity index (χ4v) is 2.21. The molecule has 2 rings (SSSR count). The Hall–Kier alpha value is -1.56. The Morgan fingerprint density at radius 2 is 2.35 bits per heavy atom. The second-order valence-electron chi connectivity index (χ2n) is 5.27. The van der Waals surface area contributed by atoms with Gasteiger partial charge in [-0.15, -0.1) is 0 Å². The van der Waals surface area contributed by atoms with Crippen LogP contribution in [0.3, 0.4) is 0 Å². The predicted molar refractivity (Wildman–Crippen MR) is 74.3 cm³/mol. The highest BCUT2D eigenvalue weighted by molar-refractivity contribution is 5.74. The fraction of sp³-hybridized carbons (Fsp3) is 0.714. The number of nitrogens with zero attached hydrogens (tertiary/aromatic N) is 2. The van der Waals surface area contributed by atoms with Gasteiger partial charge in [0.25, 0.3) is 0 Å². The minimum absolute atomic E-state index is 0.0818. The Balaban J connectivity index is 1.84. The van der Waals surface area contributed by atoms with Crippen LogP contribution in [0.5, 0.6) is 0 Å². The molecule has 2 unspecified atom stereocenters. The number of urea groups is 1. The predicted octanol–water partition coefficient (Wildman–Crippen LogP) is 1.95. The van der Waals surface area contributed by atoms with Crippen LogP contribution in [0.25, 0.3) is 0 Å². The molecule has 1 fully saturated rings. The first-order chi connectivity index (χ1) is 9.60. The smallest absolute Gasteiger partial charge is 0.318 e. The molecular weight excluding hydrogens is 258 g/mol. The van der Waals surface area contributed by atoms with Crippen LogP contribution in [0, 0.1) is 0 Å². The minimum Gasteiger partial charge on any atom is -0.444 e. The van der Waals surface area contributed by atoms with Crippen molar-refractivity contribution >= 4 is 6.03 Å². The quantitative estimate of drug-likeness (QED) is 0.916. The van der Waals surface area contributed by atoms with Crippen molar-refractivity contribution in [2.45, 2.75) is 52.3 Å². The summed E-state index contributed by atoms with van der Waals surface area (Å²) in [5, 5.41) is 2.87. The third-order valence-electron chi connectivity index (χ3n) is 3.35. The van der Waals surface area contributed by atoms with Gasteiger partial charge in [-0.1, -0.05) is 6.92 Å². The molecule has 1 saturated heterocycles. The van der Waals surface area contributed by atoms with E-state index in [2.05, 4.69) is 17.2 Å². The molecule has 0 aromatic carbocycles. The van der Waals surface area contributed by atoms with E-state index in [1.54, 1.807) is 11.1 Å². The summed E-state index contributed by atoms with van der Waals surface area (Å²) in [6, 6.07) is 0.0117. The third kappa shape index (κ3) is 3.72. The summed E-state index contributed by atoms with van der Waals surface area (Å²) in [6.45, 7) is 7.60. The largest absolute Gasteiger partial charge is 0.444 e. The van der Waals surface area contributed by atoms with Gasteiger partial charge in [0, 0.05) is 13.0 Å². The normalized spacial score (nSPS) is 22.9. The van der Waals surface area contributed by atoms with E-state index in [1.807, 2.05) is 13.8 Å². The van der Waals surface area contributed by atoms with Crippen molar-refractivity contribution in [3.63, 3.8) is 0 Å². The molecule has 2 amide bonds. The Bertz CT molecular complexity index is 447. The molecule has 2 heterocycles. The highest BCUT2D eigenvalue weighted by Gasteiger charge is 2.27. The Morgan fingerprint density at radius 1 is 1.55 bits per heavy atom. The maximum Gasteiger partial charge on any atom is 0.318 e. The van der Waals surface area contributed by atoms with Crippen molar-refractivity contribution in [3.8, 4) is 0 Å². The molecule has 6 heteroatoms. The standard InChI is InChI=1S/C14H23N3O3/c1-4-5-13-15-6-12(20-13)7-16-14(18)17-8-11(3)19-9-10(17)2/h6,10-11H,4-5,7-9H2,1-3H3,(H,16,18). The van der Waals surface area contributed by atoms with Crippen molar-refractivity contribution in [3.05, 3.63) is 17.8 Å². The summed E-state index contributed by atoms with van der Waals surface area (Å²) in [4.78, 5) is 18.1. The molecule has 0 aliphatic carbocycles. The molecule has 0 bridgehead atoms. The monoisotopic (exact) mass is 281 g/mol. The van der Waals surface area contributed by atoms with Gasteiger partial charge in [-0.3, -0.25) is 0 Å². The van der Waals surface area contributed by atoms with Crippen LogP contribution >= 0.6 is 0 Å². The van der Waals surface area contributed by atoms with E-state index in [4.69, 9.17) is 9.15 Å². The second-order valence-corrected chi connectivity index (χ2v) is 5.27. The fourth-order valence-electron chi connectivity index (χ4n) is 2.21. The summed E-state index contributed by atoms with van der Waals surface area (Å²) in [5.41, 5.74) is 0. The van der Waals surface area contributed by atoms with Crippen molar-refractivity contribution in [1.29, 1.82) is 0 Å². The van der Waals surface area contributed by atoms with Gasteiger partial charge < -0.3 is 19.4 Å². The molecule has 0 spiro atoms. The first kappa shape index (κ1) is 14.8. The third-order valence-corrected chi connectivity index (χ3v) is 3.35. The number of hydrogen-bond acceptors (Lipinski definition) is 4. The van der Waals surface area contributed by atoms with Gasteiger partial charge in [0.1, 0.15) is 5.76 Å². The van der Waals surface area contributed by atoms with Gasteiger partial charge >= 0.3 is 6.03 Å². The van der Waals surface area contributed by atoms with E-state index in [-0.39, 0.29) is 18.2 Å².